The van der Waals surface area contributed by atoms with Gasteiger partial charge in [0.15, 0.2) is 0 Å². The van der Waals surface area contributed by atoms with E-state index in [9.17, 15) is 9.59 Å². The van der Waals surface area contributed by atoms with Crippen LogP contribution in [0.5, 0.6) is 0 Å². The van der Waals surface area contributed by atoms with E-state index in [2.05, 4.69) is 17.6 Å². The molecule has 8 heteroatoms. The Morgan fingerprint density at radius 3 is 2.62 bits per heavy atom. The lowest BCUT2D eigenvalue weighted by molar-refractivity contribution is -0.124. The third-order valence-electron chi connectivity index (χ3n) is 3.56. The van der Waals surface area contributed by atoms with Crippen molar-refractivity contribution < 1.29 is 9.59 Å². The molecule has 1 atom stereocenters. The molecule has 0 radical (unpaired) electrons. The number of nitrogens with one attached hydrogen (secondary N) is 2. The van der Waals surface area contributed by atoms with Gasteiger partial charge in [-0.15, -0.1) is 24.2 Å². The summed E-state index contributed by atoms with van der Waals surface area (Å²) >= 11 is 7.44. The summed E-state index contributed by atoms with van der Waals surface area (Å²) in [6.07, 6.45) is 1.07. The molecule has 0 bridgehead atoms. The lowest BCUT2D eigenvalue weighted by Crippen LogP contribution is -2.48. The number of amides is 2. The molecule has 2 amide bonds. The number of nitrogens with zero attached hydrogens (tertiary/aromatic N) is 1. The second-order valence-electron chi connectivity index (χ2n) is 5.34. The molecule has 0 saturated carbocycles. The average Bonchev–Trinajstić information content (AvgIpc) is 3.04. The Morgan fingerprint density at radius 2 is 1.96 bits per heavy atom. The number of carbonyl (C=O) groups excluding carboxylic acids is 2. The molecule has 134 valence electrons. The van der Waals surface area contributed by atoms with Crippen LogP contribution in [0.3, 0.4) is 0 Å². The summed E-state index contributed by atoms with van der Waals surface area (Å²) in [4.78, 5) is 26.5. The fourth-order valence-corrected chi connectivity index (χ4v) is 3.59. The predicted molar refractivity (Wildman–Crippen MR) is 102 cm³/mol. The van der Waals surface area contributed by atoms with Crippen molar-refractivity contribution in [2.45, 2.75) is 19.4 Å². The smallest absolute Gasteiger partial charge is 0.255 e. The quantitative estimate of drug-likeness (QED) is 0.700. The molecule has 1 fully saturated rings. The van der Waals surface area contributed by atoms with Crippen LogP contribution in [-0.4, -0.2) is 54.0 Å². The summed E-state index contributed by atoms with van der Waals surface area (Å²) in [6.45, 7) is 4.35. The van der Waals surface area contributed by atoms with Gasteiger partial charge in [0.05, 0.1) is 5.88 Å². The van der Waals surface area contributed by atoms with Crippen molar-refractivity contribution >= 4 is 47.6 Å². The van der Waals surface area contributed by atoms with Crippen molar-refractivity contribution in [2.24, 2.45) is 0 Å². The van der Waals surface area contributed by atoms with Gasteiger partial charge in [-0.1, -0.05) is 18.5 Å². The summed E-state index contributed by atoms with van der Waals surface area (Å²) in [7, 11) is 0. The van der Waals surface area contributed by atoms with Crippen LogP contribution in [0.15, 0.2) is 24.3 Å². The Morgan fingerprint density at radius 1 is 1.25 bits per heavy atom. The van der Waals surface area contributed by atoms with E-state index in [4.69, 9.17) is 11.6 Å². The normalized spacial score (nSPS) is 16.6. The van der Waals surface area contributed by atoms with Crippen molar-refractivity contribution in [1.29, 1.82) is 0 Å². The highest BCUT2D eigenvalue weighted by atomic mass is 35.5. The maximum absolute atomic E-state index is 12.6. The van der Waals surface area contributed by atoms with Crippen LogP contribution in [0, 0.1) is 0 Å². The van der Waals surface area contributed by atoms with E-state index in [0.717, 1.165) is 19.5 Å². The molecule has 1 aliphatic heterocycles. The standard InChI is InChI=1S/C16H22ClN3O2S.ClH/c1-2-7-18-8-9-19-15(21)14-10-23-11-20(14)16(22)12-3-5-13(17)6-4-12;/h3-6,14,18H,2,7-11H2,1H3,(H,19,21);1H. The first-order valence-electron chi connectivity index (χ1n) is 7.76. The molecule has 2 rings (SSSR count). The Hall–Kier alpha value is -0.950. The van der Waals surface area contributed by atoms with Crippen molar-refractivity contribution in [3.05, 3.63) is 34.9 Å². The Balaban J connectivity index is 0.00000288. The van der Waals surface area contributed by atoms with Gasteiger partial charge in [-0.25, -0.2) is 0 Å². The highest BCUT2D eigenvalue weighted by molar-refractivity contribution is 7.99. The molecule has 1 aromatic carbocycles. The van der Waals surface area contributed by atoms with Gasteiger partial charge in [-0.05, 0) is 37.2 Å². The molecule has 1 saturated heterocycles. The van der Waals surface area contributed by atoms with Crippen LogP contribution in [-0.2, 0) is 4.79 Å². The molecule has 1 heterocycles. The van der Waals surface area contributed by atoms with Crippen molar-refractivity contribution in [3.8, 4) is 0 Å². The molecule has 0 spiro atoms. The first-order chi connectivity index (χ1) is 11.1. The minimum Gasteiger partial charge on any atom is -0.353 e. The largest absolute Gasteiger partial charge is 0.353 e. The Kier molecular flexibility index (Phi) is 9.51. The van der Waals surface area contributed by atoms with Crippen LogP contribution >= 0.6 is 35.8 Å². The molecular weight excluding hydrogens is 369 g/mol. The number of hydrogen-bond donors (Lipinski definition) is 2. The van der Waals surface area contributed by atoms with E-state index >= 15 is 0 Å². The van der Waals surface area contributed by atoms with Crippen molar-refractivity contribution in [2.75, 3.05) is 31.3 Å². The second-order valence-corrected chi connectivity index (χ2v) is 6.77. The van der Waals surface area contributed by atoms with Crippen LogP contribution in [0.25, 0.3) is 0 Å². The van der Waals surface area contributed by atoms with Gasteiger partial charge in [0.2, 0.25) is 5.91 Å². The van der Waals surface area contributed by atoms with E-state index < -0.39 is 6.04 Å². The van der Waals surface area contributed by atoms with Crippen LogP contribution in [0.1, 0.15) is 23.7 Å². The third-order valence-corrected chi connectivity index (χ3v) is 4.83. The molecule has 1 unspecified atom stereocenters. The van der Waals surface area contributed by atoms with E-state index in [1.807, 2.05) is 0 Å². The van der Waals surface area contributed by atoms with Gasteiger partial charge < -0.3 is 15.5 Å². The zero-order valence-electron chi connectivity index (χ0n) is 13.6. The topological polar surface area (TPSA) is 61.4 Å². The van der Waals surface area contributed by atoms with Gasteiger partial charge in [0.25, 0.3) is 5.91 Å². The zero-order valence-corrected chi connectivity index (χ0v) is 16.0. The first-order valence-corrected chi connectivity index (χ1v) is 9.29. The Bertz CT molecular complexity index is 543. The minimum atomic E-state index is -0.408. The first kappa shape index (κ1) is 21.1. The summed E-state index contributed by atoms with van der Waals surface area (Å²) in [5.74, 6) is 0.952. The lowest BCUT2D eigenvalue weighted by Gasteiger charge is -2.23. The SMILES string of the molecule is CCCNCCNC(=O)C1CSCN1C(=O)c1ccc(Cl)cc1.Cl. The molecule has 24 heavy (non-hydrogen) atoms. The number of halogens is 2. The van der Waals surface area contributed by atoms with Crippen LogP contribution < -0.4 is 10.6 Å². The third kappa shape index (κ3) is 5.84. The fourth-order valence-electron chi connectivity index (χ4n) is 2.31. The maximum atomic E-state index is 12.6. The summed E-state index contributed by atoms with van der Waals surface area (Å²) in [5, 5.41) is 6.72. The van der Waals surface area contributed by atoms with Gasteiger partial charge in [-0.2, -0.15) is 0 Å². The number of benzene rings is 1. The number of rotatable bonds is 7. The van der Waals surface area contributed by atoms with Crippen LogP contribution in [0.4, 0.5) is 0 Å². The van der Waals surface area contributed by atoms with Gasteiger partial charge in [-0.3, -0.25) is 9.59 Å². The summed E-state index contributed by atoms with van der Waals surface area (Å²) < 4.78 is 0. The summed E-state index contributed by atoms with van der Waals surface area (Å²) in [5.41, 5.74) is 0.555. The average molecular weight is 392 g/mol. The zero-order chi connectivity index (χ0) is 16.7. The molecular formula is C16H23Cl2N3O2S. The highest BCUT2D eigenvalue weighted by Crippen LogP contribution is 2.23. The Labute approximate surface area is 158 Å². The van der Waals surface area contributed by atoms with E-state index in [1.165, 1.54) is 0 Å². The maximum Gasteiger partial charge on any atom is 0.255 e. The molecule has 0 aliphatic carbocycles. The number of hydrogen-bond acceptors (Lipinski definition) is 4. The lowest BCUT2D eigenvalue weighted by atomic mass is 10.1. The van der Waals surface area contributed by atoms with E-state index in [0.29, 0.717) is 28.8 Å². The fraction of sp³-hybridized carbons (Fsp3) is 0.500. The predicted octanol–water partition coefficient (Wildman–Crippen LogP) is 2.39. The van der Waals surface area contributed by atoms with Crippen molar-refractivity contribution in [3.63, 3.8) is 0 Å². The number of thioether (sulfide) groups is 1. The number of carbonyl (C=O) groups is 2. The monoisotopic (exact) mass is 391 g/mol. The van der Waals surface area contributed by atoms with E-state index in [1.54, 1.807) is 40.9 Å². The summed E-state index contributed by atoms with van der Waals surface area (Å²) in [6, 6.07) is 6.35. The highest BCUT2D eigenvalue weighted by Gasteiger charge is 2.34. The van der Waals surface area contributed by atoms with Gasteiger partial charge in [0, 0.05) is 29.4 Å². The van der Waals surface area contributed by atoms with Gasteiger partial charge in [0.1, 0.15) is 6.04 Å². The molecule has 1 aliphatic rings. The van der Waals surface area contributed by atoms with E-state index in [-0.39, 0.29) is 24.2 Å². The molecule has 5 nitrogen and oxygen atoms in total. The molecule has 1 aromatic rings. The minimum absolute atomic E-state index is 0. The van der Waals surface area contributed by atoms with Crippen LogP contribution in [0.2, 0.25) is 5.02 Å². The molecule has 0 aromatic heterocycles. The molecule has 2 N–H and O–H groups in total. The van der Waals surface area contributed by atoms with Crippen molar-refractivity contribution in [1.82, 2.24) is 15.5 Å². The second kappa shape index (κ2) is 10.8. The van der Waals surface area contributed by atoms with Gasteiger partial charge >= 0.3 is 0 Å².